The molecule has 132 valence electrons. The van der Waals surface area contributed by atoms with Crippen molar-refractivity contribution in [1.82, 2.24) is 4.40 Å². The summed E-state index contributed by atoms with van der Waals surface area (Å²) >= 11 is 6.21. The molecule has 2 aromatic heterocycles. The highest BCUT2D eigenvalue weighted by Crippen LogP contribution is 2.32. The van der Waals surface area contributed by atoms with Crippen LogP contribution in [0.1, 0.15) is 32.1 Å². The van der Waals surface area contributed by atoms with Gasteiger partial charge in [-0.05, 0) is 56.0 Å². The fourth-order valence-electron chi connectivity index (χ4n) is 3.93. The van der Waals surface area contributed by atoms with E-state index in [1.54, 1.807) is 18.2 Å². The first-order valence-corrected chi connectivity index (χ1v) is 9.42. The third kappa shape index (κ3) is 2.40. The van der Waals surface area contributed by atoms with Crippen LogP contribution in [-0.2, 0) is 0 Å². The summed E-state index contributed by atoms with van der Waals surface area (Å²) < 4.78 is 14.2. The minimum atomic E-state index is -0.138. The zero-order valence-corrected chi connectivity index (χ0v) is 15.0. The van der Waals surface area contributed by atoms with E-state index in [0.29, 0.717) is 27.5 Å². The zero-order chi connectivity index (χ0) is 17.7. The molecule has 0 N–H and O–H groups in total. The van der Waals surface area contributed by atoms with Gasteiger partial charge in [0.1, 0.15) is 0 Å². The molecule has 0 amide bonds. The number of pyridine rings is 1. The summed E-state index contributed by atoms with van der Waals surface area (Å²) in [7, 11) is 0. The lowest BCUT2D eigenvalue weighted by Crippen LogP contribution is -2.23. The van der Waals surface area contributed by atoms with E-state index in [0.717, 1.165) is 36.7 Å². The number of hydrogen-bond donors (Lipinski definition) is 0. The van der Waals surface area contributed by atoms with Crippen molar-refractivity contribution in [3.63, 3.8) is 0 Å². The second kappa shape index (κ2) is 6.06. The average molecular weight is 368 g/mol. The van der Waals surface area contributed by atoms with Crippen molar-refractivity contribution in [3.05, 3.63) is 57.7 Å². The lowest BCUT2D eigenvalue weighted by atomic mass is 9.98. The SMILES string of the molecule is O=c1c(OC2CCCCC2)c2oc3ccccc3n2c2cc(Cl)ccc12. The van der Waals surface area contributed by atoms with Crippen LogP contribution in [0.25, 0.3) is 27.7 Å². The standard InChI is InChI=1S/C21H18ClNO3/c22-13-10-11-15-17(12-13)23-16-8-4-5-9-18(16)26-21(23)20(19(15)24)25-14-6-2-1-3-7-14/h4-5,8-12,14H,1-3,6-7H2. The molecule has 0 aliphatic heterocycles. The number of nitrogens with zero attached hydrogens (tertiary/aromatic N) is 1. The van der Waals surface area contributed by atoms with E-state index in [9.17, 15) is 4.79 Å². The van der Waals surface area contributed by atoms with Crippen LogP contribution in [0.3, 0.4) is 0 Å². The molecule has 1 saturated carbocycles. The first kappa shape index (κ1) is 15.8. The van der Waals surface area contributed by atoms with Gasteiger partial charge in [-0.1, -0.05) is 30.2 Å². The molecule has 2 aromatic carbocycles. The maximum atomic E-state index is 13.2. The number of oxazole rings is 1. The minimum Gasteiger partial charge on any atom is -0.482 e. The van der Waals surface area contributed by atoms with Gasteiger partial charge in [0.15, 0.2) is 5.58 Å². The predicted octanol–water partition coefficient (Wildman–Crippen LogP) is 5.56. The van der Waals surface area contributed by atoms with Crippen molar-refractivity contribution in [2.45, 2.75) is 38.2 Å². The zero-order valence-electron chi connectivity index (χ0n) is 14.2. The summed E-state index contributed by atoms with van der Waals surface area (Å²) in [4.78, 5) is 13.2. The van der Waals surface area contributed by atoms with E-state index in [2.05, 4.69) is 0 Å². The highest BCUT2D eigenvalue weighted by molar-refractivity contribution is 6.31. The number of fused-ring (bicyclic) bond motifs is 5. The number of benzene rings is 2. The fraction of sp³-hybridized carbons (Fsp3) is 0.286. The van der Waals surface area contributed by atoms with Gasteiger partial charge >= 0.3 is 0 Å². The molecule has 1 aliphatic rings. The van der Waals surface area contributed by atoms with Crippen LogP contribution < -0.4 is 10.2 Å². The molecule has 0 radical (unpaired) electrons. The molecule has 5 heteroatoms. The fourth-order valence-corrected chi connectivity index (χ4v) is 4.10. The Morgan fingerprint density at radius 2 is 1.85 bits per heavy atom. The summed E-state index contributed by atoms with van der Waals surface area (Å²) in [5.41, 5.74) is 2.66. The van der Waals surface area contributed by atoms with Gasteiger partial charge in [0.05, 0.1) is 22.5 Å². The van der Waals surface area contributed by atoms with Gasteiger partial charge in [-0.3, -0.25) is 9.20 Å². The Hall–Kier alpha value is -2.46. The van der Waals surface area contributed by atoms with E-state index in [1.807, 2.05) is 28.7 Å². The van der Waals surface area contributed by atoms with Crippen molar-refractivity contribution in [3.8, 4) is 5.75 Å². The van der Waals surface area contributed by atoms with Gasteiger partial charge in [0.25, 0.3) is 5.71 Å². The molecule has 0 bridgehead atoms. The van der Waals surface area contributed by atoms with E-state index < -0.39 is 0 Å². The van der Waals surface area contributed by atoms with Gasteiger partial charge in [-0.15, -0.1) is 0 Å². The van der Waals surface area contributed by atoms with E-state index >= 15 is 0 Å². The Morgan fingerprint density at radius 3 is 2.69 bits per heavy atom. The Balaban J connectivity index is 1.86. The van der Waals surface area contributed by atoms with Crippen LogP contribution >= 0.6 is 11.6 Å². The number of halogens is 1. The van der Waals surface area contributed by atoms with Gasteiger partial charge in [0, 0.05) is 5.02 Å². The molecular formula is C21H18ClNO3. The van der Waals surface area contributed by atoms with Crippen molar-refractivity contribution < 1.29 is 9.15 Å². The summed E-state index contributed by atoms with van der Waals surface area (Å²) in [5, 5.41) is 1.17. The van der Waals surface area contributed by atoms with Crippen molar-refractivity contribution >= 4 is 39.3 Å². The lowest BCUT2D eigenvalue weighted by Gasteiger charge is -2.22. The van der Waals surface area contributed by atoms with Crippen LogP contribution in [0.5, 0.6) is 5.75 Å². The van der Waals surface area contributed by atoms with Crippen molar-refractivity contribution in [2.75, 3.05) is 0 Å². The molecule has 1 fully saturated rings. The van der Waals surface area contributed by atoms with E-state index in [4.69, 9.17) is 20.8 Å². The smallest absolute Gasteiger partial charge is 0.252 e. The second-order valence-electron chi connectivity index (χ2n) is 6.91. The number of ether oxygens (including phenoxy) is 1. The molecular weight excluding hydrogens is 350 g/mol. The Labute approximate surface area is 154 Å². The Morgan fingerprint density at radius 1 is 1.04 bits per heavy atom. The van der Waals surface area contributed by atoms with Crippen LogP contribution in [0.2, 0.25) is 5.02 Å². The van der Waals surface area contributed by atoms with Crippen molar-refractivity contribution in [1.29, 1.82) is 0 Å². The molecule has 5 rings (SSSR count). The van der Waals surface area contributed by atoms with Crippen molar-refractivity contribution in [2.24, 2.45) is 0 Å². The molecule has 4 aromatic rings. The maximum Gasteiger partial charge on any atom is 0.252 e. The highest BCUT2D eigenvalue weighted by atomic mass is 35.5. The van der Waals surface area contributed by atoms with Crippen LogP contribution in [-0.4, -0.2) is 10.5 Å². The topological polar surface area (TPSA) is 43.8 Å². The van der Waals surface area contributed by atoms with Crippen LogP contribution in [0, 0.1) is 0 Å². The first-order valence-electron chi connectivity index (χ1n) is 9.04. The monoisotopic (exact) mass is 367 g/mol. The summed E-state index contributed by atoms with van der Waals surface area (Å²) in [5.74, 6) is 0.308. The van der Waals surface area contributed by atoms with E-state index in [1.165, 1.54) is 6.42 Å². The number of aromatic nitrogens is 1. The molecule has 26 heavy (non-hydrogen) atoms. The number of hydrogen-bond acceptors (Lipinski definition) is 3. The number of rotatable bonds is 2. The summed E-state index contributed by atoms with van der Waals surface area (Å²) in [6, 6.07) is 13.0. The Bertz CT molecular complexity index is 1180. The third-order valence-electron chi connectivity index (χ3n) is 5.20. The van der Waals surface area contributed by atoms with Crippen LogP contribution in [0.15, 0.2) is 51.7 Å². The van der Waals surface area contributed by atoms with Gasteiger partial charge in [-0.25, -0.2) is 0 Å². The normalized spacial score (nSPS) is 15.9. The predicted molar refractivity (Wildman–Crippen MR) is 103 cm³/mol. The largest absolute Gasteiger partial charge is 0.482 e. The van der Waals surface area contributed by atoms with Gasteiger partial charge in [-0.2, -0.15) is 0 Å². The van der Waals surface area contributed by atoms with Crippen LogP contribution in [0.4, 0.5) is 0 Å². The highest BCUT2D eigenvalue weighted by Gasteiger charge is 2.23. The molecule has 2 heterocycles. The molecule has 1 aliphatic carbocycles. The number of para-hydroxylation sites is 2. The molecule has 0 unspecified atom stereocenters. The summed E-state index contributed by atoms with van der Waals surface area (Å²) in [6.07, 6.45) is 5.53. The average Bonchev–Trinajstić information content (AvgIpc) is 3.05. The first-order chi connectivity index (χ1) is 12.7. The molecule has 4 nitrogen and oxygen atoms in total. The van der Waals surface area contributed by atoms with Gasteiger partial charge in [0.2, 0.25) is 11.2 Å². The Kier molecular flexibility index (Phi) is 3.68. The summed E-state index contributed by atoms with van der Waals surface area (Å²) in [6.45, 7) is 0. The second-order valence-corrected chi connectivity index (χ2v) is 7.34. The molecule has 0 saturated heterocycles. The van der Waals surface area contributed by atoms with Gasteiger partial charge < -0.3 is 9.15 Å². The molecule has 0 atom stereocenters. The third-order valence-corrected chi connectivity index (χ3v) is 5.43. The minimum absolute atomic E-state index is 0.0678. The van der Waals surface area contributed by atoms with E-state index in [-0.39, 0.29) is 11.5 Å². The molecule has 0 spiro atoms. The maximum absolute atomic E-state index is 13.2. The quantitative estimate of drug-likeness (QED) is 0.465. The lowest BCUT2D eigenvalue weighted by molar-refractivity contribution is 0.153.